The molecule has 0 unspecified atom stereocenters. The van der Waals surface area contributed by atoms with E-state index < -0.39 is 36.2 Å². The van der Waals surface area contributed by atoms with Gasteiger partial charge in [-0.15, -0.1) is 0 Å². The lowest BCUT2D eigenvalue weighted by molar-refractivity contribution is -0.151. The van der Waals surface area contributed by atoms with E-state index in [1.54, 1.807) is 30.3 Å². The van der Waals surface area contributed by atoms with Crippen LogP contribution in [0.4, 0.5) is 5.69 Å². The number of amides is 3. The van der Waals surface area contributed by atoms with Crippen molar-refractivity contribution in [3.05, 3.63) is 53.1 Å². The summed E-state index contributed by atoms with van der Waals surface area (Å²) < 4.78 is 15.4. The Labute approximate surface area is 194 Å². The predicted molar refractivity (Wildman–Crippen MR) is 118 cm³/mol. The zero-order chi connectivity index (χ0) is 24.0. The first-order chi connectivity index (χ1) is 15.8. The standard InChI is InChI=1S/C22H22ClN3O7/c1-31-16-7-8-18(32-2)17(10-16)24-19(27)12-33-22(30)14-9-20(28)26(11-14)25-21(29)13-3-5-15(23)6-4-13/h3-8,10,14H,9,11-12H2,1-2H3,(H,24,27)(H,25,29)/t14-/m0/s1. The van der Waals surface area contributed by atoms with E-state index in [0.717, 1.165) is 5.01 Å². The van der Waals surface area contributed by atoms with E-state index in [9.17, 15) is 19.2 Å². The molecular formula is C22H22ClN3O7. The van der Waals surface area contributed by atoms with E-state index in [2.05, 4.69) is 10.7 Å². The second kappa shape index (κ2) is 10.7. The molecule has 0 bridgehead atoms. The van der Waals surface area contributed by atoms with Gasteiger partial charge in [0.2, 0.25) is 5.91 Å². The molecule has 2 aromatic carbocycles. The van der Waals surface area contributed by atoms with Crippen molar-refractivity contribution < 1.29 is 33.4 Å². The van der Waals surface area contributed by atoms with Crippen LogP contribution in [0.25, 0.3) is 0 Å². The van der Waals surface area contributed by atoms with Gasteiger partial charge in [0, 0.05) is 23.1 Å². The molecule has 1 fully saturated rings. The fourth-order valence-corrected chi connectivity index (χ4v) is 3.24. The highest BCUT2D eigenvalue weighted by molar-refractivity contribution is 6.30. The molecule has 0 aliphatic carbocycles. The lowest BCUT2D eigenvalue weighted by Crippen LogP contribution is -2.43. The van der Waals surface area contributed by atoms with Gasteiger partial charge in [0.25, 0.3) is 11.8 Å². The summed E-state index contributed by atoms with van der Waals surface area (Å²) in [6.45, 7) is -0.622. The number of carbonyl (C=O) groups excluding carboxylic acids is 4. The molecule has 1 aliphatic heterocycles. The minimum absolute atomic E-state index is 0.0671. The van der Waals surface area contributed by atoms with Crippen molar-refractivity contribution in [3.63, 3.8) is 0 Å². The van der Waals surface area contributed by atoms with Crippen molar-refractivity contribution >= 4 is 41.0 Å². The largest absolute Gasteiger partial charge is 0.497 e. The van der Waals surface area contributed by atoms with Crippen molar-refractivity contribution in [2.24, 2.45) is 5.92 Å². The molecule has 3 rings (SSSR count). The highest BCUT2D eigenvalue weighted by atomic mass is 35.5. The van der Waals surface area contributed by atoms with Crippen molar-refractivity contribution in [2.45, 2.75) is 6.42 Å². The van der Waals surface area contributed by atoms with E-state index in [1.807, 2.05) is 0 Å². The summed E-state index contributed by atoms with van der Waals surface area (Å²) in [6, 6.07) is 11.0. The summed E-state index contributed by atoms with van der Waals surface area (Å²) in [5.41, 5.74) is 3.12. The Kier molecular flexibility index (Phi) is 7.73. The van der Waals surface area contributed by atoms with Gasteiger partial charge in [0.1, 0.15) is 11.5 Å². The molecule has 10 nitrogen and oxygen atoms in total. The zero-order valence-corrected chi connectivity index (χ0v) is 18.7. The van der Waals surface area contributed by atoms with Crippen LogP contribution in [0.2, 0.25) is 5.02 Å². The highest BCUT2D eigenvalue weighted by Crippen LogP contribution is 2.28. The van der Waals surface area contributed by atoms with Gasteiger partial charge in [0.05, 0.1) is 32.4 Å². The van der Waals surface area contributed by atoms with Gasteiger partial charge in [-0.1, -0.05) is 11.6 Å². The molecule has 33 heavy (non-hydrogen) atoms. The van der Waals surface area contributed by atoms with Crippen molar-refractivity contribution in [1.82, 2.24) is 10.4 Å². The molecule has 0 aromatic heterocycles. The number of rotatable bonds is 8. The number of hydrogen-bond donors (Lipinski definition) is 2. The zero-order valence-electron chi connectivity index (χ0n) is 17.9. The number of methoxy groups -OCH3 is 2. The number of nitrogens with one attached hydrogen (secondary N) is 2. The number of hydrogen-bond acceptors (Lipinski definition) is 7. The Hall–Kier alpha value is -3.79. The van der Waals surface area contributed by atoms with Crippen LogP contribution in [0.5, 0.6) is 11.5 Å². The average Bonchev–Trinajstić information content (AvgIpc) is 3.17. The molecule has 2 N–H and O–H groups in total. The van der Waals surface area contributed by atoms with Gasteiger partial charge in [-0.25, -0.2) is 0 Å². The van der Waals surface area contributed by atoms with E-state index in [-0.39, 0.29) is 13.0 Å². The molecule has 1 aliphatic rings. The highest BCUT2D eigenvalue weighted by Gasteiger charge is 2.36. The summed E-state index contributed by atoms with van der Waals surface area (Å²) in [5.74, 6) is -2.17. The molecule has 1 saturated heterocycles. The van der Waals surface area contributed by atoms with Gasteiger partial charge in [-0.2, -0.15) is 0 Å². The topological polar surface area (TPSA) is 123 Å². The van der Waals surface area contributed by atoms with Crippen molar-refractivity contribution in [3.8, 4) is 11.5 Å². The summed E-state index contributed by atoms with van der Waals surface area (Å²) in [7, 11) is 2.94. The van der Waals surface area contributed by atoms with Crippen LogP contribution < -0.4 is 20.2 Å². The monoisotopic (exact) mass is 475 g/mol. The molecule has 3 amide bonds. The van der Waals surface area contributed by atoms with Gasteiger partial charge < -0.3 is 19.5 Å². The third-order valence-electron chi connectivity index (χ3n) is 4.83. The first kappa shape index (κ1) is 23.9. The van der Waals surface area contributed by atoms with E-state index in [0.29, 0.717) is 27.8 Å². The van der Waals surface area contributed by atoms with Crippen LogP contribution in [-0.4, -0.2) is 56.1 Å². The molecule has 2 aromatic rings. The van der Waals surface area contributed by atoms with Gasteiger partial charge in [-0.3, -0.25) is 29.6 Å². The van der Waals surface area contributed by atoms with Gasteiger partial charge in [0.15, 0.2) is 6.61 Å². The quantitative estimate of drug-likeness (QED) is 0.560. The molecule has 174 valence electrons. The smallest absolute Gasteiger partial charge is 0.311 e. The molecule has 1 atom stereocenters. The first-order valence-electron chi connectivity index (χ1n) is 9.86. The van der Waals surface area contributed by atoms with Gasteiger partial charge in [-0.05, 0) is 36.4 Å². The number of anilines is 1. The Balaban J connectivity index is 1.51. The fourth-order valence-electron chi connectivity index (χ4n) is 3.11. The number of hydrazine groups is 1. The third-order valence-corrected chi connectivity index (χ3v) is 5.08. The number of esters is 1. The molecule has 1 heterocycles. The first-order valence-corrected chi connectivity index (χ1v) is 10.2. The van der Waals surface area contributed by atoms with Crippen LogP contribution in [0.15, 0.2) is 42.5 Å². The van der Waals surface area contributed by atoms with Crippen LogP contribution in [-0.2, 0) is 19.1 Å². The maximum atomic E-state index is 12.4. The third kappa shape index (κ3) is 6.13. The van der Waals surface area contributed by atoms with Crippen LogP contribution in [0, 0.1) is 5.92 Å². The lowest BCUT2D eigenvalue weighted by Gasteiger charge is -2.17. The SMILES string of the molecule is COc1ccc(OC)c(NC(=O)COC(=O)[C@H]2CC(=O)N(NC(=O)c3ccc(Cl)cc3)C2)c1. The summed E-state index contributed by atoms with van der Waals surface area (Å²) >= 11 is 5.80. The predicted octanol–water partition coefficient (Wildman–Crippen LogP) is 2.03. The second-order valence-corrected chi connectivity index (χ2v) is 7.51. The Morgan fingerprint density at radius 3 is 2.48 bits per heavy atom. The molecule has 0 radical (unpaired) electrons. The number of halogens is 1. The fraction of sp³-hybridized carbons (Fsp3) is 0.273. The van der Waals surface area contributed by atoms with Crippen molar-refractivity contribution in [2.75, 3.05) is 32.7 Å². The van der Waals surface area contributed by atoms with E-state index in [1.165, 1.54) is 26.4 Å². The molecule has 11 heteroatoms. The summed E-state index contributed by atoms with van der Waals surface area (Å²) in [6.07, 6.45) is -0.148. The minimum Gasteiger partial charge on any atom is -0.497 e. The average molecular weight is 476 g/mol. The molecule has 0 saturated carbocycles. The van der Waals surface area contributed by atoms with E-state index in [4.69, 9.17) is 25.8 Å². The van der Waals surface area contributed by atoms with Gasteiger partial charge >= 0.3 is 5.97 Å². The molecular weight excluding hydrogens is 454 g/mol. The Morgan fingerprint density at radius 2 is 1.82 bits per heavy atom. The molecule has 0 spiro atoms. The normalized spacial score (nSPS) is 15.1. The van der Waals surface area contributed by atoms with Crippen molar-refractivity contribution in [1.29, 1.82) is 0 Å². The Bertz CT molecular complexity index is 1060. The minimum atomic E-state index is -0.817. The second-order valence-electron chi connectivity index (χ2n) is 7.08. The summed E-state index contributed by atoms with van der Waals surface area (Å²) in [5, 5.41) is 4.12. The van der Waals surface area contributed by atoms with Crippen LogP contribution >= 0.6 is 11.6 Å². The van der Waals surface area contributed by atoms with Crippen LogP contribution in [0.3, 0.4) is 0 Å². The lowest BCUT2D eigenvalue weighted by atomic mass is 10.1. The number of benzene rings is 2. The Morgan fingerprint density at radius 1 is 1.09 bits per heavy atom. The summed E-state index contributed by atoms with van der Waals surface area (Å²) in [4.78, 5) is 49.1. The maximum absolute atomic E-state index is 12.4. The number of carbonyl (C=O) groups is 4. The number of ether oxygens (including phenoxy) is 3. The van der Waals surface area contributed by atoms with Crippen LogP contribution in [0.1, 0.15) is 16.8 Å². The van der Waals surface area contributed by atoms with E-state index >= 15 is 0 Å². The maximum Gasteiger partial charge on any atom is 0.311 e. The number of nitrogens with zero attached hydrogens (tertiary/aromatic N) is 1.